The molecular weight excluding hydrogens is 644 g/mol. The largest absolute Gasteiger partial charge is 0.498 e. The topological polar surface area (TPSA) is 195 Å². The van der Waals surface area contributed by atoms with Crippen molar-refractivity contribution in [1.82, 2.24) is 30.0 Å². The van der Waals surface area contributed by atoms with Gasteiger partial charge in [0.05, 0.1) is 19.9 Å². The number of hydrogen-bond acceptors (Lipinski definition) is 9. The quantitative estimate of drug-likeness (QED) is 0.0608. The number of methoxy groups -OCH3 is 1. The maximum absolute atomic E-state index is 14.3. The van der Waals surface area contributed by atoms with Crippen LogP contribution in [0.3, 0.4) is 0 Å². The fraction of sp³-hybridized carbons (Fsp3) is 0.462. The first-order chi connectivity index (χ1) is 21.1. The van der Waals surface area contributed by atoms with Crippen molar-refractivity contribution in [3.8, 4) is 0 Å². The van der Waals surface area contributed by atoms with E-state index in [-0.39, 0.29) is 42.8 Å². The predicted octanol–water partition coefficient (Wildman–Crippen LogP) is 2.81. The first-order valence-electron chi connectivity index (χ1n) is 13.6. The lowest BCUT2D eigenvalue weighted by atomic mass is 9.94. The summed E-state index contributed by atoms with van der Waals surface area (Å²) in [5.74, 6) is -2.27. The zero-order valence-electron chi connectivity index (χ0n) is 24.5. The highest BCUT2D eigenvalue weighted by molar-refractivity contribution is 7.54. The summed E-state index contributed by atoms with van der Waals surface area (Å²) >= 11 is 7.08. The first-order valence-corrected chi connectivity index (χ1v) is 15.6. The van der Waals surface area contributed by atoms with Crippen LogP contribution < -0.4 is 20.4 Å². The maximum atomic E-state index is 14.3. The van der Waals surface area contributed by atoms with Crippen LogP contribution in [-0.2, 0) is 20.3 Å². The Kier molecular flexibility index (Phi) is 9.73. The van der Waals surface area contributed by atoms with Gasteiger partial charge in [-0.1, -0.05) is 23.3 Å². The number of aliphatic hydroxyl groups excluding tert-OH is 1. The Morgan fingerprint density at radius 3 is 2.62 bits per heavy atom. The van der Waals surface area contributed by atoms with Gasteiger partial charge >= 0.3 is 13.8 Å². The van der Waals surface area contributed by atoms with Gasteiger partial charge in [0.2, 0.25) is 17.3 Å². The third kappa shape index (κ3) is 6.46. The van der Waals surface area contributed by atoms with Crippen molar-refractivity contribution < 1.29 is 42.2 Å². The third-order valence-electron chi connectivity index (χ3n) is 7.82. The molecule has 1 aliphatic heterocycles. The number of aromatic amines is 1. The van der Waals surface area contributed by atoms with Gasteiger partial charge in [0, 0.05) is 32.7 Å². The Balaban J connectivity index is 1.86. The van der Waals surface area contributed by atoms with Crippen LogP contribution in [0.15, 0.2) is 54.2 Å². The molecule has 19 heteroatoms. The van der Waals surface area contributed by atoms with E-state index >= 15 is 0 Å². The molecule has 1 amide bonds. The first kappa shape index (κ1) is 34.4. The number of hydrogen-bond donors (Lipinski definition) is 7. The van der Waals surface area contributed by atoms with Crippen LogP contribution in [0.5, 0.6) is 0 Å². The molecule has 4 unspecified atom stereocenters. The van der Waals surface area contributed by atoms with Crippen molar-refractivity contribution in [3.63, 3.8) is 0 Å². The van der Waals surface area contributed by atoms with Gasteiger partial charge in [-0.05, 0) is 25.2 Å². The number of carbonyl (C=O) groups is 1. The standard InChI is InChI=1S/C26H33ClF3N8O6P/c1-16-6-8-25(45(41,42)43,19(12-16)44-3)37-23-32-15-18(26(28,29)30)21(35-23)36-24(27)7-4-9-38(10-5-11-39,17-13-33-34-14-17)20(24)22(40)31-2/h4,6-7,12-15,20,39H,5,8-11H2,1-3H3,(H5-,31,32,33,34,35,36,37,40,41,42,43)/p+1. The van der Waals surface area contributed by atoms with Crippen molar-refractivity contribution in [2.75, 3.05) is 44.5 Å². The summed E-state index contributed by atoms with van der Waals surface area (Å²) in [5.41, 5.74) is -0.230. The molecule has 45 heavy (non-hydrogen) atoms. The summed E-state index contributed by atoms with van der Waals surface area (Å²) in [6.07, 6.45) is 4.17. The van der Waals surface area contributed by atoms with E-state index in [1.165, 1.54) is 44.8 Å². The van der Waals surface area contributed by atoms with Crippen molar-refractivity contribution in [2.45, 2.75) is 42.3 Å². The number of rotatable bonds is 11. The summed E-state index contributed by atoms with van der Waals surface area (Å²) in [6.45, 7) is 1.78. The second kappa shape index (κ2) is 12.7. The number of H-pyrrole nitrogens is 1. The number of amides is 1. The Morgan fingerprint density at radius 2 is 2.04 bits per heavy atom. The van der Waals surface area contributed by atoms with Crippen LogP contribution in [0.2, 0.25) is 0 Å². The van der Waals surface area contributed by atoms with Gasteiger partial charge in [0.25, 0.3) is 5.91 Å². The lowest BCUT2D eigenvalue weighted by molar-refractivity contribution is -0.137. The average Bonchev–Trinajstić information content (AvgIpc) is 3.51. The molecule has 2 aromatic heterocycles. The fourth-order valence-corrected chi connectivity index (χ4v) is 7.14. The SMILES string of the molecule is CNC(=O)C1C(Cl)(Nc2nc(NC3(P(=O)(O)O)CC=C(C)C=C3OC)ncc2C(F)(F)F)C=CC[N+]1(CCCO)c1cn[nH]c1. The van der Waals surface area contributed by atoms with Gasteiger partial charge in [-0.3, -0.25) is 18.9 Å². The molecule has 246 valence electrons. The van der Waals surface area contributed by atoms with Crippen LogP contribution in [0.1, 0.15) is 25.3 Å². The number of aliphatic hydroxyl groups is 1. The number of aromatic nitrogens is 4. The normalized spacial score (nSPS) is 26.9. The second-order valence-corrected chi connectivity index (χ2v) is 13.1. The number of quaternary nitrogens is 1. The second-order valence-electron chi connectivity index (χ2n) is 10.6. The van der Waals surface area contributed by atoms with Crippen molar-refractivity contribution in [2.24, 2.45) is 0 Å². The molecule has 0 spiro atoms. The predicted molar refractivity (Wildman–Crippen MR) is 160 cm³/mol. The van der Waals surface area contributed by atoms with Crippen LogP contribution in [0.4, 0.5) is 30.6 Å². The molecule has 0 bridgehead atoms. The lowest BCUT2D eigenvalue weighted by Gasteiger charge is -2.49. The van der Waals surface area contributed by atoms with E-state index in [9.17, 15) is 37.4 Å². The smallest absolute Gasteiger partial charge is 0.421 e. The summed E-state index contributed by atoms with van der Waals surface area (Å²) in [4.78, 5) is 40.0. The third-order valence-corrected chi connectivity index (χ3v) is 9.75. The lowest BCUT2D eigenvalue weighted by Crippen LogP contribution is -2.72. The molecule has 0 radical (unpaired) electrons. The monoisotopic (exact) mass is 677 g/mol. The zero-order valence-corrected chi connectivity index (χ0v) is 26.1. The minimum absolute atomic E-state index is 0.154. The van der Waals surface area contributed by atoms with Crippen molar-refractivity contribution >= 4 is 42.6 Å². The van der Waals surface area contributed by atoms with E-state index in [1.807, 2.05) is 0 Å². The Bertz CT molecular complexity index is 1550. The van der Waals surface area contributed by atoms with E-state index in [2.05, 4.69) is 36.1 Å². The number of allylic oxidation sites excluding steroid dienone is 2. The number of halogens is 4. The summed E-state index contributed by atoms with van der Waals surface area (Å²) < 4.78 is 60.8. The minimum Gasteiger partial charge on any atom is -0.498 e. The summed E-state index contributed by atoms with van der Waals surface area (Å²) in [7, 11) is -2.57. The van der Waals surface area contributed by atoms with Crippen molar-refractivity contribution in [1.29, 1.82) is 0 Å². The highest BCUT2D eigenvalue weighted by Gasteiger charge is 2.58. The van der Waals surface area contributed by atoms with E-state index in [4.69, 9.17) is 16.3 Å². The van der Waals surface area contributed by atoms with E-state index in [0.717, 1.165) is 0 Å². The van der Waals surface area contributed by atoms with Crippen LogP contribution in [0, 0.1) is 0 Å². The number of carbonyl (C=O) groups excluding carboxylic acids is 1. The van der Waals surface area contributed by atoms with Gasteiger partial charge < -0.3 is 35.6 Å². The molecule has 2 aromatic rings. The molecule has 0 saturated heterocycles. The number of nitrogens with zero attached hydrogens (tertiary/aromatic N) is 4. The summed E-state index contributed by atoms with van der Waals surface area (Å²) in [6, 6.07) is -1.33. The minimum atomic E-state index is -5.12. The van der Waals surface area contributed by atoms with Crippen LogP contribution >= 0.6 is 19.2 Å². The molecular formula is C26H34ClF3N8O6P+. The molecule has 3 heterocycles. The maximum Gasteiger partial charge on any atom is 0.421 e. The summed E-state index contributed by atoms with van der Waals surface area (Å²) in [5, 5.41) is 21.7. The molecule has 4 rings (SSSR count). The van der Waals surface area contributed by atoms with E-state index in [0.29, 0.717) is 17.5 Å². The van der Waals surface area contributed by atoms with E-state index < -0.39 is 53.3 Å². The van der Waals surface area contributed by atoms with Gasteiger partial charge in [-0.25, -0.2) is 4.98 Å². The van der Waals surface area contributed by atoms with Gasteiger partial charge in [0.1, 0.15) is 29.9 Å². The van der Waals surface area contributed by atoms with Gasteiger partial charge in [-0.15, -0.1) is 0 Å². The fourth-order valence-electron chi connectivity index (χ4n) is 5.66. The number of anilines is 2. The van der Waals surface area contributed by atoms with Gasteiger partial charge in [-0.2, -0.15) is 23.3 Å². The highest BCUT2D eigenvalue weighted by Crippen LogP contribution is 2.58. The molecule has 7 N–H and O–H groups in total. The van der Waals surface area contributed by atoms with Crippen LogP contribution in [-0.4, -0.2) is 91.1 Å². The molecule has 0 fully saturated rings. The number of alkyl halides is 4. The van der Waals surface area contributed by atoms with E-state index in [1.54, 1.807) is 13.0 Å². The molecule has 4 atom stereocenters. The van der Waals surface area contributed by atoms with Crippen molar-refractivity contribution in [3.05, 3.63) is 59.8 Å². The Hall–Kier alpha value is -3.47. The zero-order chi connectivity index (χ0) is 33.3. The molecule has 0 saturated carbocycles. The number of likely N-dealkylation sites (N-methyl/N-ethyl adjacent to an activating group) is 1. The van der Waals surface area contributed by atoms with Crippen LogP contribution in [0.25, 0.3) is 0 Å². The molecule has 0 aromatic carbocycles. The number of nitrogens with one attached hydrogen (secondary N) is 4. The number of ether oxygens (including phenoxy) is 1. The Labute approximate surface area is 261 Å². The molecule has 14 nitrogen and oxygen atoms in total. The highest BCUT2D eigenvalue weighted by atomic mass is 35.5. The molecule has 2 aliphatic rings. The average molecular weight is 678 g/mol. The molecule has 1 aliphatic carbocycles. The Morgan fingerprint density at radius 1 is 1.31 bits per heavy atom. The van der Waals surface area contributed by atoms with Gasteiger partial charge in [0.15, 0.2) is 10.7 Å².